The fraction of sp³-hybridized carbons (Fsp3) is 0.0909. The molecule has 1 aliphatic heterocycles. The Labute approximate surface area is 181 Å². The first-order valence-corrected chi connectivity index (χ1v) is 10.2. The number of methoxy groups -OCH3 is 1. The van der Waals surface area contributed by atoms with Gasteiger partial charge in [-0.25, -0.2) is 0 Å². The van der Waals surface area contributed by atoms with Gasteiger partial charge in [0.05, 0.1) is 28.6 Å². The van der Waals surface area contributed by atoms with E-state index in [4.69, 9.17) is 16.3 Å². The molecule has 0 bridgehead atoms. The molecule has 1 unspecified atom stereocenters. The maximum atomic E-state index is 13.2. The minimum absolute atomic E-state index is 0.0277. The van der Waals surface area contributed by atoms with Crippen LogP contribution >= 0.6 is 22.9 Å². The van der Waals surface area contributed by atoms with Gasteiger partial charge in [-0.2, -0.15) is 0 Å². The Hall–Kier alpha value is -3.29. The molecule has 6 nitrogen and oxygen atoms in total. The lowest BCUT2D eigenvalue weighted by molar-refractivity contribution is -0.117. The van der Waals surface area contributed by atoms with Crippen LogP contribution in [0.2, 0.25) is 5.02 Å². The second-order valence-corrected chi connectivity index (χ2v) is 7.91. The summed E-state index contributed by atoms with van der Waals surface area (Å²) in [5.74, 6) is -1.29. The summed E-state index contributed by atoms with van der Waals surface area (Å²) in [5.41, 5.74) is 0.918. The average molecular weight is 442 g/mol. The number of ether oxygens (including phenoxy) is 1. The van der Waals surface area contributed by atoms with Crippen molar-refractivity contribution in [3.05, 3.63) is 86.8 Å². The highest BCUT2D eigenvalue weighted by molar-refractivity contribution is 7.12. The first-order chi connectivity index (χ1) is 14.4. The smallest absolute Gasteiger partial charge is 0.294 e. The van der Waals surface area contributed by atoms with Gasteiger partial charge in [0.1, 0.15) is 11.5 Å². The minimum atomic E-state index is -0.892. The molecule has 30 heavy (non-hydrogen) atoms. The first kappa shape index (κ1) is 20.0. The number of ketones is 1. The van der Waals surface area contributed by atoms with E-state index in [9.17, 15) is 19.8 Å². The number of nitrogens with zero attached hydrogens (tertiary/aromatic N) is 1. The maximum absolute atomic E-state index is 13.2. The molecule has 152 valence electrons. The summed E-state index contributed by atoms with van der Waals surface area (Å²) in [4.78, 5) is 27.9. The molecule has 0 fully saturated rings. The summed E-state index contributed by atoms with van der Waals surface area (Å²) in [5, 5.41) is 22.4. The van der Waals surface area contributed by atoms with Crippen molar-refractivity contribution in [2.24, 2.45) is 0 Å². The van der Waals surface area contributed by atoms with Crippen molar-refractivity contribution in [3.63, 3.8) is 0 Å². The van der Waals surface area contributed by atoms with Crippen LogP contribution in [-0.4, -0.2) is 29.0 Å². The summed E-state index contributed by atoms with van der Waals surface area (Å²) >= 11 is 7.47. The number of phenolic OH excluding ortho intramolecular Hbond substituents is 1. The molecule has 8 heteroatoms. The number of benzene rings is 2. The van der Waals surface area contributed by atoms with Crippen LogP contribution in [0.5, 0.6) is 11.5 Å². The largest absolute Gasteiger partial charge is 0.508 e. The Kier molecular flexibility index (Phi) is 5.24. The molecule has 2 N–H and O–H groups in total. The predicted octanol–water partition coefficient (Wildman–Crippen LogP) is 4.90. The summed E-state index contributed by atoms with van der Waals surface area (Å²) in [7, 11) is 1.48. The molecule has 0 aliphatic carbocycles. The third-order valence-corrected chi connectivity index (χ3v) is 5.98. The Bertz CT molecular complexity index is 1150. The molecule has 1 aromatic heterocycles. The van der Waals surface area contributed by atoms with E-state index in [2.05, 4.69) is 0 Å². The van der Waals surface area contributed by atoms with E-state index in [1.807, 2.05) is 0 Å². The fourth-order valence-corrected chi connectivity index (χ4v) is 4.35. The molecule has 1 amide bonds. The van der Waals surface area contributed by atoms with Gasteiger partial charge in [0.2, 0.25) is 5.78 Å². The van der Waals surface area contributed by atoms with E-state index in [1.54, 1.807) is 41.8 Å². The molecule has 0 spiro atoms. The monoisotopic (exact) mass is 441 g/mol. The number of carbonyl (C=O) groups is 2. The summed E-state index contributed by atoms with van der Waals surface area (Å²) in [6.07, 6.45) is 0. The number of aromatic hydroxyl groups is 1. The van der Waals surface area contributed by atoms with Crippen molar-refractivity contribution in [3.8, 4) is 11.5 Å². The van der Waals surface area contributed by atoms with Gasteiger partial charge in [0.15, 0.2) is 5.76 Å². The number of anilines is 1. The summed E-state index contributed by atoms with van der Waals surface area (Å²) < 4.78 is 5.17. The van der Waals surface area contributed by atoms with Crippen molar-refractivity contribution in [2.45, 2.75) is 6.04 Å². The van der Waals surface area contributed by atoms with E-state index in [0.29, 0.717) is 21.9 Å². The Balaban J connectivity index is 1.87. The van der Waals surface area contributed by atoms with E-state index < -0.39 is 23.5 Å². The highest BCUT2D eigenvalue weighted by Crippen LogP contribution is 2.43. The van der Waals surface area contributed by atoms with Gasteiger partial charge in [0.25, 0.3) is 5.91 Å². The van der Waals surface area contributed by atoms with Crippen LogP contribution in [0.25, 0.3) is 0 Å². The number of amides is 1. The zero-order valence-electron chi connectivity index (χ0n) is 15.7. The van der Waals surface area contributed by atoms with Crippen molar-refractivity contribution >= 4 is 40.3 Å². The highest BCUT2D eigenvalue weighted by Gasteiger charge is 2.45. The number of hydrogen-bond acceptors (Lipinski definition) is 6. The van der Waals surface area contributed by atoms with E-state index in [-0.39, 0.29) is 16.3 Å². The number of Topliss-reactive ketones (excluding diaryl/α,β-unsaturated/α-hetero) is 1. The Morgan fingerprint density at radius 2 is 1.87 bits per heavy atom. The van der Waals surface area contributed by atoms with E-state index in [0.717, 1.165) is 0 Å². The maximum Gasteiger partial charge on any atom is 0.294 e. The highest BCUT2D eigenvalue weighted by atomic mass is 35.5. The molecule has 2 aromatic carbocycles. The number of aliphatic hydroxyl groups is 1. The number of hydrogen-bond donors (Lipinski definition) is 2. The molecule has 1 atom stereocenters. The van der Waals surface area contributed by atoms with Gasteiger partial charge in [0, 0.05) is 5.69 Å². The van der Waals surface area contributed by atoms with Gasteiger partial charge < -0.3 is 14.9 Å². The van der Waals surface area contributed by atoms with Gasteiger partial charge in [-0.3, -0.25) is 14.5 Å². The zero-order chi connectivity index (χ0) is 21.4. The van der Waals surface area contributed by atoms with Gasteiger partial charge in [-0.1, -0.05) is 29.8 Å². The molecule has 4 rings (SSSR count). The van der Waals surface area contributed by atoms with Crippen molar-refractivity contribution in [2.75, 3.05) is 12.0 Å². The number of halogens is 1. The van der Waals surface area contributed by atoms with Crippen LogP contribution in [0.1, 0.15) is 21.3 Å². The van der Waals surface area contributed by atoms with Crippen LogP contribution in [0.4, 0.5) is 5.69 Å². The van der Waals surface area contributed by atoms with Crippen LogP contribution in [-0.2, 0) is 4.79 Å². The third-order valence-electron chi connectivity index (χ3n) is 4.82. The normalized spacial score (nSPS) is 16.3. The average Bonchev–Trinajstić information content (AvgIpc) is 3.36. The predicted molar refractivity (Wildman–Crippen MR) is 115 cm³/mol. The summed E-state index contributed by atoms with van der Waals surface area (Å²) in [6, 6.07) is 13.4. The van der Waals surface area contributed by atoms with Crippen LogP contribution in [0, 0.1) is 0 Å². The molecule has 2 heterocycles. The van der Waals surface area contributed by atoms with Crippen LogP contribution in [0.15, 0.2) is 71.3 Å². The van der Waals surface area contributed by atoms with Crippen LogP contribution in [0.3, 0.4) is 0 Å². The van der Waals surface area contributed by atoms with Gasteiger partial charge in [-0.05, 0) is 47.3 Å². The lowest BCUT2D eigenvalue weighted by Crippen LogP contribution is -2.31. The van der Waals surface area contributed by atoms with Crippen molar-refractivity contribution < 1.29 is 24.5 Å². The van der Waals surface area contributed by atoms with Gasteiger partial charge >= 0.3 is 0 Å². The Morgan fingerprint density at radius 1 is 1.13 bits per heavy atom. The number of rotatable bonds is 5. The number of thiophene rings is 1. The number of phenols is 1. The first-order valence-electron chi connectivity index (χ1n) is 8.89. The molecule has 3 aromatic rings. The van der Waals surface area contributed by atoms with Crippen molar-refractivity contribution in [1.82, 2.24) is 0 Å². The second-order valence-electron chi connectivity index (χ2n) is 6.56. The molecule has 1 aliphatic rings. The topological polar surface area (TPSA) is 87.1 Å². The zero-order valence-corrected chi connectivity index (χ0v) is 17.3. The SMILES string of the molecule is COc1ccc(N2C(=O)C(O)=C(C(=O)c3cccs3)C2c2ccc(O)cc2)cc1Cl. The molecule has 0 saturated heterocycles. The standard InChI is InChI=1S/C22H16ClNO5S/c1-29-16-9-6-13(11-15(16)23)24-19(12-4-7-14(25)8-5-12)18(21(27)22(24)28)20(26)17-3-2-10-30-17/h2-11,19,25,27H,1H3. The van der Waals surface area contributed by atoms with Crippen molar-refractivity contribution in [1.29, 1.82) is 0 Å². The number of aliphatic hydroxyl groups excluding tert-OH is 1. The lowest BCUT2D eigenvalue weighted by atomic mass is 9.95. The van der Waals surface area contributed by atoms with Crippen LogP contribution < -0.4 is 9.64 Å². The molecule has 0 radical (unpaired) electrons. The fourth-order valence-electron chi connectivity index (χ4n) is 3.42. The summed E-state index contributed by atoms with van der Waals surface area (Å²) in [6.45, 7) is 0. The third kappa shape index (κ3) is 3.32. The minimum Gasteiger partial charge on any atom is -0.508 e. The van der Waals surface area contributed by atoms with E-state index in [1.165, 1.54) is 41.5 Å². The molecular formula is C22H16ClNO5S. The second kappa shape index (κ2) is 7.85. The van der Waals surface area contributed by atoms with Gasteiger partial charge in [-0.15, -0.1) is 11.3 Å². The number of carbonyl (C=O) groups excluding carboxylic acids is 2. The molecule has 0 saturated carbocycles. The quantitative estimate of drug-likeness (QED) is 0.550. The Morgan fingerprint density at radius 3 is 2.47 bits per heavy atom. The molecular weight excluding hydrogens is 426 g/mol. The van der Waals surface area contributed by atoms with E-state index >= 15 is 0 Å². The lowest BCUT2D eigenvalue weighted by Gasteiger charge is -2.27.